The molecule has 0 aliphatic heterocycles. The zero-order chi connectivity index (χ0) is 17.8. The molecule has 4 rings (SSSR count). The van der Waals surface area contributed by atoms with Gasteiger partial charge in [0.25, 0.3) is 0 Å². The Bertz CT molecular complexity index is 1040. The van der Waals surface area contributed by atoms with E-state index < -0.39 is 0 Å². The van der Waals surface area contributed by atoms with E-state index in [9.17, 15) is 4.79 Å². The van der Waals surface area contributed by atoms with Crippen LogP contribution < -0.4 is 5.32 Å². The second kappa shape index (κ2) is 7.14. The van der Waals surface area contributed by atoms with Gasteiger partial charge in [0.1, 0.15) is 5.65 Å². The summed E-state index contributed by atoms with van der Waals surface area (Å²) < 4.78 is 0. The predicted molar refractivity (Wildman–Crippen MR) is 101 cm³/mol. The normalized spacial score (nSPS) is 10.8. The molecule has 6 nitrogen and oxygen atoms in total. The minimum atomic E-state index is -0.105. The Morgan fingerprint density at radius 3 is 2.77 bits per heavy atom. The molecule has 0 aliphatic rings. The van der Waals surface area contributed by atoms with Crippen LogP contribution in [0.5, 0.6) is 0 Å². The Balaban J connectivity index is 1.48. The van der Waals surface area contributed by atoms with E-state index >= 15 is 0 Å². The third-order valence-corrected chi connectivity index (χ3v) is 4.12. The van der Waals surface area contributed by atoms with E-state index in [0.717, 1.165) is 27.9 Å². The Labute approximate surface area is 150 Å². The van der Waals surface area contributed by atoms with Crippen molar-refractivity contribution in [2.45, 2.75) is 12.8 Å². The van der Waals surface area contributed by atoms with Gasteiger partial charge in [-0.1, -0.05) is 30.3 Å². The number of hydrogen-bond acceptors (Lipinski definition) is 4. The number of fused-ring (bicyclic) bond motifs is 1. The van der Waals surface area contributed by atoms with Crippen molar-refractivity contribution in [2.75, 3.05) is 5.32 Å². The number of H-pyrrole nitrogens is 1. The molecule has 1 amide bonds. The summed E-state index contributed by atoms with van der Waals surface area (Å²) in [6.45, 7) is 0. The van der Waals surface area contributed by atoms with E-state index in [1.807, 2.05) is 54.7 Å². The summed E-state index contributed by atoms with van der Waals surface area (Å²) in [5.41, 5.74) is 3.59. The van der Waals surface area contributed by atoms with Crippen molar-refractivity contribution < 1.29 is 4.79 Å². The van der Waals surface area contributed by atoms with Crippen LogP contribution in [0.2, 0.25) is 0 Å². The van der Waals surface area contributed by atoms with Gasteiger partial charge in [0.15, 0.2) is 0 Å². The van der Waals surface area contributed by atoms with Gasteiger partial charge >= 0.3 is 0 Å². The maximum absolute atomic E-state index is 12.2. The molecule has 26 heavy (non-hydrogen) atoms. The van der Waals surface area contributed by atoms with Crippen LogP contribution in [-0.2, 0) is 11.2 Å². The van der Waals surface area contributed by atoms with Crippen LogP contribution in [0, 0.1) is 0 Å². The standard InChI is InChI=1S/C20H17N5O/c26-18(9-8-14-5-2-1-3-6-14)25-20-22-12-10-17(24-20)16-13-23-19-15(16)7-4-11-21-19/h1-7,10-13H,8-9H2,(H,21,23)(H,22,24,25,26). The summed E-state index contributed by atoms with van der Waals surface area (Å²) in [4.78, 5) is 28.2. The monoisotopic (exact) mass is 343 g/mol. The lowest BCUT2D eigenvalue weighted by molar-refractivity contribution is -0.116. The number of benzene rings is 1. The molecule has 2 N–H and O–H groups in total. The summed E-state index contributed by atoms with van der Waals surface area (Å²) in [5, 5.41) is 3.75. The number of anilines is 1. The highest BCUT2D eigenvalue weighted by atomic mass is 16.1. The van der Waals surface area contributed by atoms with Gasteiger partial charge in [0.05, 0.1) is 5.69 Å². The number of aryl methyl sites for hydroxylation is 1. The van der Waals surface area contributed by atoms with Gasteiger partial charge < -0.3 is 4.98 Å². The van der Waals surface area contributed by atoms with E-state index in [1.165, 1.54) is 0 Å². The molecule has 0 saturated heterocycles. The largest absolute Gasteiger partial charge is 0.345 e. The number of hydrogen-bond donors (Lipinski definition) is 2. The third-order valence-electron chi connectivity index (χ3n) is 4.12. The molecule has 3 aromatic heterocycles. The maximum Gasteiger partial charge on any atom is 0.229 e. The lowest BCUT2D eigenvalue weighted by atomic mass is 10.1. The van der Waals surface area contributed by atoms with Gasteiger partial charge in [-0.15, -0.1) is 0 Å². The number of carbonyl (C=O) groups is 1. The van der Waals surface area contributed by atoms with Crippen molar-refractivity contribution in [3.63, 3.8) is 0 Å². The van der Waals surface area contributed by atoms with E-state index in [0.29, 0.717) is 18.8 Å². The molecule has 0 saturated carbocycles. The Morgan fingerprint density at radius 2 is 1.88 bits per heavy atom. The van der Waals surface area contributed by atoms with Crippen molar-refractivity contribution >= 4 is 22.9 Å². The number of amides is 1. The number of aromatic nitrogens is 4. The Kier molecular flexibility index (Phi) is 4.38. The van der Waals surface area contributed by atoms with E-state index in [2.05, 4.69) is 25.3 Å². The predicted octanol–water partition coefficient (Wildman–Crippen LogP) is 3.59. The van der Waals surface area contributed by atoms with E-state index in [-0.39, 0.29) is 5.91 Å². The maximum atomic E-state index is 12.2. The zero-order valence-corrected chi connectivity index (χ0v) is 14.0. The first-order valence-corrected chi connectivity index (χ1v) is 8.39. The average molecular weight is 343 g/mol. The van der Waals surface area contributed by atoms with Gasteiger partial charge in [-0.3, -0.25) is 10.1 Å². The molecule has 1 aromatic carbocycles. The van der Waals surface area contributed by atoms with Crippen molar-refractivity contribution in [1.82, 2.24) is 19.9 Å². The summed E-state index contributed by atoms with van der Waals surface area (Å²) in [6.07, 6.45) is 6.31. The number of aromatic amines is 1. The van der Waals surface area contributed by atoms with Gasteiger partial charge in [-0.05, 0) is 30.2 Å². The van der Waals surface area contributed by atoms with E-state index in [4.69, 9.17) is 0 Å². The molecular formula is C20H17N5O. The summed E-state index contributed by atoms with van der Waals surface area (Å²) in [6, 6.07) is 15.6. The minimum Gasteiger partial charge on any atom is -0.345 e. The average Bonchev–Trinajstić information content (AvgIpc) is 3.12. The first kappa shape index (κ1) is 16.0. The lowest BCUT2D eigenvalue weighted by Gasteiger charge is -2.05. The number of nitrogens with one attached hydrogen (secondary N) is 2. The number of nitrogens with zero attached hydrogens (tertiary/aromatic N) is 3. The molecule has 0 spiro atoms. The van der Waals surface area contributed by atoms with Gasteiger partial charge in [-0.25, -0.2) is 15.0 Å². The molecule has 3 heterocycles. The highest BCUT2D eigenvalue weighted by Crippen LogP contribution is 2.26. The molecule has 4 aromatic rings. The smallest absolute Gasteiger partial charge is 0.229 e. The van der Waals surface area contributed by atoms with Crippen molar-refractivity contribution in [2.24, 2.45) is 0 Å². The molecule has 0 bridgehead atoms. The number of rotatable bonds is 5. The number of carbonyl (C=O) groups excluding carboxylic acids is 1. The van der Waals surface area contributed by atoms with Gasteiger partial charge in [-0.2, -0.15) is 0 Å². The van der Waals surface area contributed by atoms with Crippen LogP contribution in [0.4, 0.5) is 5.95 Å². The Morgan fingerprint density at radius 1 is 1.00 bits per heavy atom. The van der Waals surface area contributed by atoms with Crippen LogP contribution in [0.1, 0.15) is 12.0 Å². The fourth-order valence-corrected chi connectivity index (χ4v) is 2.83. The van der Waals surface area contributed by atoms with E-state index in [1.54, 1.807) is 12.4 Å². The highest BCUT2D eigenvalue weighted by Gasteiger charge is 2.10. The molecule has 6 heteroatoms. The van der Waals surface area contributed by atoms with Crippen LogP contribution in [0.15, 0.2) is 67.1 Å². The molecule has 0 unspecified atom stereocenters. The first-order chi connectivity index (χ1) is 12.8. The second-order valence-corrected chi connectivity index (χ2v) is 5.90. The topological polar surface area (TPSA) is 83.6 Å². The molecule has 0 atom stereocenters. The van der Waals surface area contributed by atoms with Crippen molar-refractivity contribution in [3.05, 3.63) is 72.7 Å². The third kappa shape index (κ3) is 3.44. The van der Waals surface area contributed by atoms with Crippen LogP contribution in [-0.4, -0.2) is 25.8 Å². The molecule has 128 valence electrons. The Hall–Kier alpha value is -3.54. The first-order valence-electron chi connectivity index (χ1n) is 8.39. The minimum absolute atomic E-state index is 0.105. The van der Waals surface area contributed by atoms with Crippen LogP contribution in [0.3, 0.4) is 0 Å². The number of pyridine rings is 1. The fraction of sp³-hybridized carbons (Fsp3) is 0.100. The second-order valence-electron chi connectivity index (χ2n) is 5.90. The molecule has 0 aliphatic carbocycles. The SMILES string of the molecule is O=C(CCc1ccccc1)Nc1nccc(-c2c[nH]c3ncccc23)n1. The fourth-order valence-electron chi connectivity index (χ4n) is 2.83. The van der Waals surface area contributed by atoms with Crippen LogP contribution >= 0.6 is 0 Å². The quantitative estimate of drug-likeness (QED) is 0.580. The summed E-state index contributed by atoms with van der Waals surface area (Å²) in [5.74, 6) is 0.199. The molecule has 0 radical (unpaired) electrons. The van der Waals surface area contributed by atoms with Crippen molar-refractivity contribution in [1.29, 1.82) is 0 Å². The summed E-state index contributed by atoms with van der Waals surface area (Å²) >= 11 is 0. The summed E-state index contributed by atoms with van der Waals surface area (Å²) in [7, 11) is 0. The molecule has 0 fully saturated rings. The van der Waals surface area contributed by atoms with Crippen LogP contribution in [0.25, 0.3) is 22.3 Å². The zero-order valence-electron chi connectivity index (χ0n) is 14.0. The van der Waals surface area contributed by atoms with Gasteiger partial charge in [0.2, 0.25) is 11.9 Å². The molecular weight excluding hydrogens is 326 g/mol. The highest BCUT2D eigenvalue weighted by molar-refractivity contribution is 5.93. The van der Waals surface area contributed by atoms with Crippen molar-refractivity contribution in [3.8, 4) is 11.3 Å². The van der Waals surface area contributed by atoms with Gasteiger partial charge in [0, 0.05) is 36.0 Å². The lowest BCUT2D eigenvalue weighted by Crippen LogP contribution is -2.14.